The van der Waals surface area contributed by atoms with Crippen LogP contribution >= 0.6 is 7.37 Å². The number of hydrogen-bond acceptors (Lipinski definition) is 15. The van der Waals surface area contributed by atoms with E-state index >= 15 is 0 Å². The van der Waals surface area contributed by atoms with E-state index in [0.29, 0.717) is 24.3 Å². The number of benzene rings is 2. The lowest BCUT2D eigenvalue weighted by Gasteiger charge is -2.31. The third kappa shape index (κ3) is 13.9. The Labute approximate surface area is 346 Å². The summed E-state index contributed by atoms with van der Waals surface area (Å²) in [7, 11) is -6.41. The molecule has 2 aromatic carbocycles. The van der Waals surface area contributed by atoms with E-state index in [9.17, 15) is 32.5 Å². The number of nitrogens with zero attached hydrogens (tertiary/aromatic N) is 1. The van der Waals surface area contributed by atoms with Gasteiger partial charge in [0, 0.05) is 19.3 Å². The molecule has 0 bridgehead atoms. The molecule has 0 aromatic heterocycles. The van der Waals surface area contributed by atoms with E-state index in [1.807, 2.05) is 13.8 Å². The van der Waals surface area contributed by atoms with Crippen molar-refractivity contribution in [2.75, 3.05) is 59.1 Å². The average molecular weight is 871 g/mol. The topological polar surface area (TPSA) is 212 Å². The molecule has 2 aromatic rings. The summed E-state index contributed by atoms with van der Waals surface area (Å²) in [4.78, 5) is 38.1. The van der Waals surface area contributed by atoms with Crippen molar-refractivity contribution in [1.29, 1.82) is 0 Å². The fourth-order valence-corrected chi connectivity index (χ4v) is 10.6. The van der Waals surface area contributed by atoms with Gasteiger partial charge in [0.05, 0.1) is 62.4 Å². The summed E-state index contributed by atoms with van der Waals surface area (Å²) in [6.07, 6.45) is -4.45. The summed E-state index contributed by atoms with van der Waals surface area (Å²) in [5.74, 6) is -1.58. The molecule has 8 atom stereocenters. The van der Waals surface area contributed by atoms with Gasteiger partial charge >= 0.3 is 18.0 Å². The van der Waals surface area contributed by atoms with Crippen LogP contribution in [0.4, 0.5) is 4.79 Å². The van der Waals surface area contributed by atoms with Crippen LogP contribution in [0.15, 0.2) is 53.4 Å². The fourth-order valence-electron chi connectivity index (χ4n) is 6.71. The first-order chi connectivity index (χ1) is 28.0. The van der Waals surface area contributed by atoms with Crippen molar-refractivity contribution < 1.29 is 70.2 Å². The number of carbonyl (C=O) groups excluding carboxylic acids is 3. The van der Waals surface area contributed by atoms with Gasteiger partial charge < -0.3 is 48.1 Å². The summed E-state index contributed by atoms with van der Waals surface area (Å²) in [6, 6.07) is 11.4. The van der Waals surface area contributed by atoms with Crippen LogP contribution in [0.2, 0.25) is 0 Å². The summed E-state index contributed by atoms with van der Waals surface area (Å²) in [5, 5.41) is 14.5. The maximum atomic E-state index is 14.0. The molecule has 4 rings (SSSR count). The van der Waals surface area contributed by atoms with Gasteiger partial charge in [-0.05, 0) is 81.5 Å². The minimum absolute atomic E-state index is 0.0147. The van der Waals surface area contributed by atoms with Crippen LogP contribution in [0.1, 0.15) is 53.5 Å². The molecule has 2 fully saturated rings. The van der Waals surface area contributed by atoms with Gasteiger partial charge in [-0.15, -0.1) is 0 Å². The maximum absolute atomic E-state index is 14.0. The second kappa shape index (κ2) is 22.2. The van der Waals surface area contributed by atoms with Crippen LogP contribution < -0.4 is 14.8 Å². The van der Waals surface area contributed by atoms with Crippen LogP contribution in [-0.4, -0.2) is 126 Å². The summed E-state index contributed by atoms with van der Waals surface area (Å²) < 4.78 is 86.8. The molecule has 19 heteroatoms. The highest BCUT2D eigenvalue weighted by atomic mass is 32.2. The Morgan fingerprint density at radius 3 is 2.20 bits per heavy atom. The number of hydrogen-bond donors (Lipinski definition) is 2. The summed E-state index contributed by atoms with van der Waals surface area (Å²) in [6.45, 7) is 10.5. The maximum Gasteiger partial charge on any atom is 0.407 e. The summed E-state index contributed by atoms with van der Waals surface area (Å²) >= 11 is 0. The molecule has 1 unspecified atom stereocenters. The van der Waals surface area contributed by atoms with E-state index in [2.05, 4.69) is 5.32 Å². The number of alkyl carbamates (subject to hydrolysis) is 1. The first-order valence-corrected chi connectivity index (χ1v) is 23.3. The number of fused-ring (bicyclic) bond motifs is 1. The molecule has 2 aliphatic rings. The molecular weight excluding hydrogens is 811 g/mol. The Morgan fingerprint density at radius 2 is 1.58 bits per heavy atom. The van der Waals surface area contributed by atoms with Gasteiger partial charge in [0.25, 0.3) is 0 Å². The third-order valence-corrected chi connectivity index (χ3v) is 13.9. The van der Waals surface area contributed by atoms with Crippen LogP contribution in [0.25, 0.3) is 0 Å². The molecule has 1 amide bonds. The number of amides is 1. The molecule has 2 saturated heterocycles. The lowest BCUT2D eigenvalue weighted by atomic mass is 10.0. The molecule has 0 radical (unpaired) electrons. The van der Waals surface area contributed by atoms with Gasteiger partial charge in [0.2, 0.25) is 17.4 Å². The smallest absolute Gasteiger partial charge is 0.407 e. The monoisotopic (exact) mass is 870 g/mol. The van der Waals surface area contributed by atoms with E-state index in [4.69, 9.17) is 37.7 Å². The molecule has 0 spiro atoms. The highest BCUT2D eigenvalue weighted by Crippen LogP contribution is 2.50. The molecule has 0 aliphatic carbocycles. The van der Waals surface area contributed by atoms with Crippen LogP contribution in [0.3, 0.4) is 0 Å². The first-order valence-electron chi connectivity index (χ1n) is 19.8. The Morgan fingerprint density at radius 1 is 0.932 bits per heavy atom. The normalized spacial score (nSPS) is 20.8. The second-order valence-electron chi connectivity index (χ2n) is 14.9. The number of carbonyl (C=O) groups is 3. The number of ether oxygens (including phenoxy) is 7. The number of aliphatic hydroxyl groups is 1. The van der Waals surface area contributed by atoms with E-state index in [1.54, 1.807) is 45.0 Å². The molecule has 330 valence electrons. The number of esters is 2. The minimum Gasteiger partial charge on any atom is -0.497 e. The van der Waals surface area contributed by atoms with Crippen LogP contribution in [0, 0.1) is 17.8 Å². The number of nitrogens with one attached hydrogen (secondary N) is 1. The van der Waals surface area contributed by atoms with Gasteiger partial charge in [-0.1, -0.05) is 32.9 Å². The van der Waals surface area contributed by atoms with Gasteiger partial charge in [-0.3, -0.25) is 9.36 Å². The zero-order valence-corrected chi connectivity index (χ0v) is 36.5. The van der Waals surface area contributed by atoms with E-state index in [-0.39, 0.29) is 68.0 Å². The Hall–Kier alpha value is -3.77. The summed E-state index contributed by atoms with van der Waals surface area (Å²) in [5.41, 5.74) is 0.620. The van der Waals surface area contributed by atoms with Crippen molar-refractivity contribution in [3.63, 3.8) is 0 Å². The van der Waals surface area contributed by atoms with Crippen molar-refractivity contribution >= 4 is 35.4 Å². The molecule has 17 nitrogen and oxygen atoms in total. The predicted molar refractivity (Wildman–Crippen MR) is 215 cm³/mol. The van der Waals surface area contributed by atoms with E-state index < -0.39 is 78.3 Å². The zero-order chi connectivity index (χ0) is 43.3. The van der Waals surface area contributed by atoms with Crippen LogP contribution in [-0.2, 0) is 58.8 Å². The van der Waals surface area contributed by atoms with Crippen LogP contribution in [0.5, 0.6) is 11.5 Å². The highest BCUT2D eigenvalue weighted by molar-refractivity contribution is 7.89. The lowest BCUT2D eigenvalue weighted by Crippen LogP contribution is -2.51. The predicted octanol–water partition coefficient (Wildman–Crippen LogP) is 4.58. The number of sulfonamides is 1. The lowest BCUT2D eigenvalue weighted by molar-refractivity contribution is -0.150. The average Bonchev–Trinajstić information content (AvgIpc) is 3.82. The third-order valence-electron chi connectivity index (χ3n) is 9.68. The van der Waals surface area contributed by atoms with Gasteiger partial charge in [-0.2, -0.15) is 4.31 Å². The van der Waals surface area contributed by atoms with E-state index in [0.717, 1.165) is 0 Å². The molecule has 0 saturated carbocycles. The molecule has 2 aliphatic heterocycles. The quantitative estimate of drug-likeness (QED) is 0.0889. The number of methoxy groups -OCH3 is 1. The van der Waals surface area contributed by atoms with Gasteiger partial charge in [0.15, 0.2) is 18.7 Å². The van der Waals surface area contributed by atoms with Gasteiger partial charge in [0.1, 0.15) is 17.6 Å². The van der Waals surface area contributed by atoms with Crippen molar-refractivity contribution in [1.82, 2.24) is 9.62 Å². The Kier molecular flexibility index (Phi) is 18.0. The molecule has 59 heavy (non-hydrogen) atoms. The Balaban J connectivity index is 1.53. The number of aliphatic hydroxyl groups excluding tert-OH is 1. The largest absolute Gasteiger partial charge is 0.497 e. The SMILES string of the molecule is CCOC(=O)[C@@H](C)CP(=O)(COc1ccc(C[C@H](NC(=O)O[C@H]2CO[C@H]3OCC[C@H]32)[C@H](O)CN(CC(C)C)S(=O)(=O)c2ccc(OC)cc2)cc1)O[C@H](C)C(=O)OCC. The molecule has 2 heterocycles. The van der Waals surface area contributed by atoms with Crippen molar-refractivity contribution in [3.05, 3.63) is 54.1 Å². The standard InChI is InChI=1S/C40H59N2O15PS/c1-8-51-37(44)27(5)24-58(47,57-28(6)38(45)52-9-2)25-55-31-12-10-29(11-13-31)20-34(41-40(46)56-36-23-54-39-33(36)18-19-53-39)35(43)22-42(21-26(3)4)59(48,49)32-16-14-30(50-7)15-17-32/h10-17,26-28,33-36,39,43H,8-9,18-25H2,1-7H3,(H,41,46)/t27-,28+,33-,34-,35+,36-,39+,58?/m0/s1. The van der Waals surface area contributed by atoms with Gasteiger partial charge in [-0.25, -0.2) is 18.0 Å². The van der Waals surface area contributed by atoms with Crippen molar-refractivity contribution in [2.45, 2.75) is 89.9 Å². The first kappa shape index (κ1) is 47.9. The highest BCUT2D eigenvalue weighted by Gasteiger charge is 2.44. The fraction of sp³-hybridized carbons (Fsp3) is 0.625. The molecule has 2 N–H and O–H groups in total. The zero-order valence-electron chi connectivity index (χ0n) is 34.8. The van der Waals surface area contributed by atoms with E-state index in [1.165, 1.54) is 42.6 Å². The van der Waals surface area contributed by atoms with Crippen molar-refractivity contribution in [2.24, 2.45) is 17.8 Å². The Bertz CT molecular complexity index is 1800. The minimum atomic E-state index is -4.09. The second-order valence-corrected chi connectivity index (χ2v) is 19.4. The number of rotatable bonds is 23. The molecular formula is C40H59N2O15PS. The van der Waals surface area contributed by atoms with Crippen molar-refractivity contribution in [3.8, 4) is 11.5 Å².